The molecule has 2 saturated heterocycles. The lowest BCUT2D eigenvalue weighted by atomic mass is 9.69. The number of fused-ring (bicyclic) bond motifs is 3. The fourth-order valence-electron chi connectivity index (χ4n) is 6.23. The van der Waals surface area contributed by atoms with Gasteiger partial charge in [-0.1, -0.05) is 17.7 Å². The quantitative estimate of drug-likeness (QED) is 0.568. The molecular formula is C26H32N2O7S. The highest BCUT2D eigenvalue weighted by atomic mass is 32.2. The number of hydrogen-bond acceptors (Lipinski definition) is 7. The van der Waals surface area contributed by atoms with Crippen molar-refractivity contribution in [3.63, 3.8) is 0 Å². The van der Waals surface area contributed by atoms with Gasteiger partial charge in [0.05, 0.1) is 18.3 Å². The number of aryl methyl sites for hydroxylation is 1. The number of sulfonamides is 1. The molecule has 5 rings (SSSR count). The summed E-state index contributed by atoms with van der Waals surface area (Å²) in [5.41, 5.74) is 0.396. The van der Waals surface area contributed by atoms with Crippen molar-refractivity contribution in [3.05, 3.63) is 53.5 Å². The molecule has 1 aliphatic carbocycles. The van der Waals surface area contributed by atoms with E-state index in [2.05, 4.69) is 0 Å². The number of furan rings is 1. The Hall–Kier alpha value is -2.85. The molecule has 1 spiro atoms. The van der Waals surface area contributed by atoms with Crippen molar-refractivity contribution in [2.24, 2.45) is 5.41 Å². The zero-order valence-corrected chi connectivity index (χ0v) is 22.0. The summed E-state index contributed by atoms with van der Waals surface area (Å²) in [4.78, 5) is 28.1. The van der Waals surface area contributed by atoms with Gasteiger partial charge in [0.1, 0.15) is 23.4 Å². The van der Waals surface area contributed by atoms with E-state index in [9.17, 15) is 18.0 Å². The molecule has 0 unspecified atom stereocenters. The number of benzene rings is 1. The molecule has 2 aromatic rings. The molecule has 36 heavy (non-hydrogen) atoms. The van der Waals surface area contributed by atoms with Gasteiger partial charge in [-0.15, -0.1) is 0 Å². The number of carbonyl (C=O) groups excluding carboxylic acids is 2. The Morgan fingerprint density at radius 3 is 2.47 bits per heavy atom. The number of ether oxygens (including phenoxy) is 2. The van der Waals surface area contributed by atoms with Gasteiger partial charge < -0.3 is 13.9 Å². The highest BCUT2D eigenvalue weighted by molar-refractivity contribution is 7.89. The SMILES string of the molecule is COC(=O)[C@@H]1C[C@@]23CN(S(=O)(=O)c4ccc(C)cc4)CC[C@@H]2c2ccoc2[C@H]3N1C(=O)OC(C)(C)C. The van der Waals surface area contributed by atoms with Crippen molar-refractivity contribution < 1.29 is 31.9 Å². The number of esters is 1. The maximum atomic E-state index is 13.7. The van der Waals surface area contributed by atoms with Crippen molar-refractivity contribution in [3.8, 4) is 0 Å². The first-order valence-corrected chi connectivity index (χ1v) is 13.6. The molecule has 1 amide bonds. The number of rotatable bonds is 3. The molecule has 3 heterocycles. The molecule has 0 bridgehead atoms. The van der Waals surface area contributed by atoms with Crippen LogP contribution in [0.4, 0.5) is 4.79 Å². The number of nitrogens with zero attached hydrogens (tertiary/aromatic N) is 2. The standard InChI is InChI=1S/C26H32N2O7S/c1-16-6-8-17(9-7-16)36(31,32)27-12-10-19-18-11-13-34-21(18)22-26(19,15-27)14-20(23(29)33-5)28(22)24(30)35-25(2,3)4/h6-9,11,13,19-20,22H,10,12,14-15H2,1-5H3/t19-,20+,22-,26-/m1/s1. The molecule has 0 radical (unpaired) electrons. The number of likely N-dealkylation sites (tertiary alicyclic amines) is 1. The van der Waals surface area contributed by atoms with Crippen LogP contribution in [0.3, 0.4) is 0 Å². The normalized spacial score (nSPS) is 27.8. The highest BCUT2D eigenvalue weighted by Crippen LogP contribution is 2.67. The van der Waals surface area contributed by atoms with E-state index < -0.39 is 45.2 Å². The third-order valence-corrected chi connectivity index (χ3v) is 9.51. The zero-order valence-electron chi connectivity index (χ0n) is 21.2. The molecule has 0 saturated carbocycles. The van der Waals surface area contributed by atoms with Gasteiger partial charge in [-0.05, 0) is 70.2 Å². The van der Waals surface area contributed by atoms with E-state index in [1.165, 1.54) is 16.3 Å². The van der Waals surface area contributed by atoms with Crippen LogP contribution in [0.1, 0.15) is 62.5 Å². The topological polar surface area (TPSA) is 106 Å². The second-order valence-corrected chi connectivity index (χ2v) is 12.9. The largest absolute Gasteiger partial charge is 0.467 e. The monoisotopic (exact) mass is 516 g/mol. The fraction of sp³-hybridized carbons (Fsp3) is 0.538. The number of piperidine rings is 1. The Morgan fingerprint density at radius 2 is 1.83 bits per heavy atom. The molecule has 1 aromatic carbocycles. The number of hydrogen-bond donors (Lipinski definition) is 0. The van der Waals surface area contributed by atoms with Crippen LogP contribution in [-0.4, -0.2) is 61.5 Å². The lowest BCUT2D eigenvalue weighted by Gasteiger charge is -2.44. The average Bonchev–Trinajstić information content (AvgIpc) is 3.45. The second kappa shape index (κ2) is 8.34. The summed E-state index contributed by atoms with van der Waals surface area (Å²) in [5, 5.41) is 0. The van der Waals surface area contributed by atoms with Gasteiger partial charge in [-0.2, -0.15) is 4.31 Å². The minimum Gasteiger partial charge on any atom is -0.467 e. The summed E-state index contributed by atoms with van der Waals surface area (Å²) in [6.07, 6.45) is 1.73. The zero-order chi connectivity index (χ0) is 26.0. The minimum absolute atomic E-state index is 0.0692. The van der Waals surface area contributed by atoms with E-state index >= 15 is 0 Å². The van der Waals surface area contributed by atoms with Gasteiger partial charge in [-0.25, -0.2) is 18.0 Å². The van der Waals surface area contributed by atoms with Crippen molar-refractivity contribution >= 4 is 22.1 Å². The molecule has 2 fully saturated rings. The van der Waals surface area contributed by atoms with Crippen molar-refractivity contribution in [2.75, 3.05) is 20.2 Å². The average molecular weight is 517 g/mol. The van der Waals surface area contributed by atoms with Crippen LogP contribution in [-0.2, 0) is 24.3 Å². The minimum atomic E-state index is -3.79. The van der Waals surface area contributed by atoms with Crippen molar-refractivity contribution in [2.45, 2.75) is 69.0 Å². The predicted octanol–water partition coefficient (Wildman–Crippen LogP) is 3.99. The van der Waals surface area contributed by atoms with Gasteiger partial charge in [0.15, 0.2) is 0 Å². The summed E-state index contributed by atoms with van der Waals surface area (Å²) in [6, 6.07) is 7.11. The highest BCUT2D eigenvalue weighted by Gasteiger charge is 2.68. The van der Waals surface area contributed by atoms with Crippen LogP contribution in [0.25, 0.3) is 0 Å². The maximum Gasteiger partial charge on any atom is 0.411 e. The summed E-state index contributed by atoms with van der Waals surface area (Å²) in [6.45, 7) is 7.66. The van der Waals surface area contributed by atoms with E-state index in [0.29, 0.717) is 18.7 Å². The molecule has 0 N–H and O–H groups in total. The fourth-order valence-corrected chi connectivity index (χ4v) is 7.76. The van der Waals surface area contributed by atoms with Crippen LogP contribution in [0, 0.1) is 12.3 Å². The van der Waals surface area contributed by atoms with Crippen LogP contribution in [0.2, 0.25) is 0 Å². The second-order valence-electron chi connectivity index (χ2n) is 11.0. The van der Waals surface area contributed by atoms with Crippen LogP contribution in [0.15, 0.2) is 45.9 Å². The van der Waals surface area contributed by atoms with Gasteiger partial charge in [0, 0.05) is 18.5 Å². The number of methoxy groups -OCH3 is 1. The lowest BCUT2D eigenvalue weighted by Crippen LogP contribution is -2.50. The maximum absolute atomic E-state index is 13.7. The first-order chi connectivity index (χ1) is 16.9. The third-order valence-electron chi connectivity index (χ3n) is 7.65. The van der Waals surface area contributed by atoms with Crippen LogP contribution < -0.4 is 0 Å². The first kappa shape index (κ1) is 24.8. The number of amides is 1. The smallest absolute Gasteiger partial charge is 0.411 e. The molecule has 194 valence electrons. The Labute approximate surface area is 211 Å². The van der Waals surface area contributed by atoms with Gasteiger partial charge in [0.2, 0.25) is 10.0 Å². The van der Waals surface area contributed by atoms with E-state index in [1.807, 2.05) is 13.0 Å². The van der Waals surface area contributed by atoms with E-state index in [0.717, 1.165) is 11.1 Å². The third kappa shape index (κ3) is 3.73. The van der Waals surface area contributed by atoms with Gasteiger partial charge >= 0.3 is 12.1 Å². The lowest BCUT2D eigenvalue weighted by molar-refractivity contribution is -0.146. The molecule has 10 heteroatoms. The summed E-state index contributed by atoms with van der Waals surface area (Å²) in [5.74, 6) is -0.0397. The van der Waals surface area contributed by atoms with Crippen LogP contribution in [0.5, 0.6) is 0 Å². The van der Waals surface area contributed by atoms with E-state index in [4.69, 9.17) is 13.9 Å². The van der Waals surface area contributed by atoms with Gasteiger partial charge in [0.25, 0.3) is 0 Å². The molecule has 2 aliphatic heterocycles. The summed E-state index contributed by atoms with van der Waals surface area (Å²) < 4.78 is 45.5. The number of carbonyl (C=O) groups is 2. The summed E-state index contributed by atoms with van der Waals surface area (Å²) >= 11 is 0. The Balaban J connectivity index is 1.59. The van der Waals surface area contributed by atoms with Crippen molar-refractivity contribution in [1.29, 1.82) is 0 Å². The Morgan fingerprint density at radius 1 is 1.14 bits per heavy atom. The molecule has 4 atom stereocenters. The molecular weight excluding hydrogens is 484 g/mol. The Kier molecular flexibility index (Phi) is 5.75. The molecule has 9 nitrogen and oxygen atoms in total. The first-order valence-electron chi connectivity index (χ1n) is 12.1. The van der Waals surface area contributed by atoms with Gasteiger partial charge in [-0.3, -0.25) is 4.90 Å². The van der Waals surface area contributed by atoms with E-state index in [1.54, 1.807) is 51.3 Å². The van der Waals surface area contributed by atoms with Crippen molar-refractivity contribution in [1.82, 2.24) is 9.21 Å². The van der Waals surface area contributed by atoms with E-state index in [-0.39, 0.29) is 23.8 Å². The summed E-state index contributed by atoms with van der Waals surface area (Å²) in [7, 11) is -2.51. The predicted molar refractivity (Wildman–Crippen MR) is 130 cm³/mol. The molecule has 1 aromatic heterocycles. The van der Waals surface area contributed by atoms with Crippen LogP contribution >= 0.6 is 0 Å². The Bertz CT molecular complexity index is 1290. The molecule has 3 aliphatic rings.